The zero-order valence-corrected chi connectivity index (χ0v) is 15.7. The minimum absolute atomic E-state index is 0.0583. The van der Waals surface area contributed by atoms with Gasteiger partial charge in [-0.2, -0.15) is 23.5 Å². The molecule has 9 heteroatoms. The van der Waals surface area contributed by atoms with Crippen molar-refractivity contribution in [2.24, 2.45) is 11.0 Å². The molecule has 0 aromatic heterocycles. The Balaban J connectivity index is 2.11. The Hall–Kier alpha value is -3.41. The number of anilines is 1. The van der Waals surface area contributed by atoms with Crippen LogP contribution in [0.1, 0.15) is 36.1 Å². The summed E-state index contributed by atoms with van der Waals surface area (Å²) in [7, 11) is 1.53. The van der Waals surface area contributed by atoms with Gasteiger partial charge in [0.05, 0.1) is 30.3 Å². The molecule has 2 aromatic rings. The molecule has 0 radical (unpaired) electrons. The first-order valence-electron chi connectivity index (χ1n) is 8.62. The lowest BCUT2D eigenvalue weighted by Crippen LogP contribution is -2.22. The van der Waals surface area contributed by atoms with Crippen LogP contribution in [0, 0.1) is 22.8 Å². The number of methoxy groups -OCH3 is 1. The molecule has 1 amide bonds. The zero-order chi connectivity index (χ0) is 21.6. The first-order valence-corrected chi connectivity index (χ1v) is 8.62. The van der Waals surface area contributed by atoms with Crippen LogP contribution in [-0.2, 0) is 11.0 Å². The molecule has 0 bridgehead atoms. The van der Waals surface area contributed by atoms with Crippen molar-refractivity contribution >= 4 is 11.6 Å². The Kier molecular flexibility index (Phi) is 6.93. The summed E-state index contributed by atoms with van der Waals surface area (Å²) >= 11 is 0. The molecule has 0 aliphatic rings. The number of halogens is 3. The van der Waals surface area contributed by atoms with Gasteiger partial charge in [-0.1, -0.05) is 19.1 Å². The highest BCUT2D eigenvalue weighted by atomic mass is 19.4. The summed E-state index contributed by atoms with van der Waals surface area (Å²) < 4.78 is 44.3. The topological polar surface area (TPSA) is 98.3 Å². The molecule has 6 nitrogen and oxygen atoms in total. The normalized spacial score (nSPS) is 13.1. The van der Waals surface area contributed by atoms with Gasteiger partial charge in [0, 0.05) is 11.6 Å². The monoisotopic (exact) mass is 404 g/mol. The molecule has 2 aromatic carbocycles. The van der Waals surface area contributed by atoms with E-state index >= 15 is 0 Å². The van der Waals surface area contributed by atoms with E-state index in [1.54, 1.807) is 31.2 Å². The smallest absolute Gasteiger partial charge is 0.417 e. The number of ether oxygens (including phenoxy) is 1. The van der Waals surface area contributed by atoms with Crippen LogP contribution in [0.3, 0.4) is 0 Å². The summed E-state index contributed by atoms with van der Waals surface area (Å²) in [5.74, 6) is -0.490. The number of carbonyl (C=O) groups excluding carboxylic acids is 1. The third kappa shape index (κ3) is 5.54. The standard InChI is InChI=1S/C20H19F3N4O2/c1-12(9-18(27-25)13-4-7-16(29-2)8-5-13)19(28)26-15-6-3-14(11-24)17(10-15)20(21,22)23/h3-8,10,12,18,25H,9H2,1-2H3,(H,26,28). The molecule has 0 aliphatic heterocycles. The molecule has 152 valence electrons. The molecule has 0 spiro atoms. The average Bonchev–Trinajstić information content (AvgIpc) is 2.71. The van der Waals surface area contributed by atoms with Gasteiger partial charge in [0.15, 0.2) is 0 Å². The highest BCUT2D eigenvalue weighted by Gasteiger charge is 2.34. The summed E-state index contributed by atoms with van der Waals surface area (Å²) in [6, 6.07) is 10.8. The van der Waals surface area contributed by atoms with Crippen LogP contribution in [0.25, 0.3) is 0 Å². The van der Waals surface area contributed by atoms with Gasteiger partial charge >= 0.3 is 6.18 Å². The van der Waals surface area contributed by atoms with Gasteiger partial charge in [-0.15, -0.1) is 0 Å². The molecule has 0 saturated heterocycles. The lowest BCUT2D eigenvalue weighted by atomic mass is 9.95. The molecular formula is C20H19F3N4O2. The largest absolute Gasteiger partial charge is 0.497 e. The molecular weight excluding hydrogens is 385 g/mol. The summed E-state index contributed by atoms with van der Waals surface area (Å²) in [6.07, 6.45) is -4.51. The Bertz CT molecular complexity index is 921. The maximum atomic E-state index is 13.1. The lowest BCUT2D eigenvalue weighted by molar-refractivity contribution is -0.137. The van der Waals surface area contributed by atoms with Crippen LogP contribution < -0.4 is 10.1 Å². The molecule has 0 aliphatic carbocycles. The molecule has 2 atom stereocenters. The third-order valence-corrected chi connectivity index (χ3v) is 4.39. The van der Waals surface area contributed by atoms with E-state index in [9.17, 15) is 18.0 Å². The van der Waals surface area contributed by atoms with Crippen LogP contribution in [0.4, 0.5) is 18.9 Å². The number of benzene rings is 2. The van der Waals surface area contributed by atoms with Gasteiger partial charge in [0.25, 0.3) is 0 Å². The van der Waals surface area contributed by atoms with E-state index in [0.717, 1.165) is 17.7 Å². The van der Waals surface area contributed by atoms with E-state index in [2.05, 4.69) is 10.4 Å². The van der Waals surface area contributed by atoms with Crippen molar-refractivity contribution in [2.45, 2.75) is 25.6 Å². The van der Waals surface area contributed by atoms with E-state index < -0.39 is 35.2 Å². The Morgan fingerprint density at radius 3 is 2.45 bits per heavy atom. The maximum Gasteiger partial charge on any atom is 0.417 e. The molecule has 0 fully saturated rings. The first-order chi connectivity index (χ1) is 13.7. The number of nitrogens with one attached hydrogen (secondary N) is 2. The second-order valence-electron chi connectivity index (χ2n) is 6.41. The van der Waals surface area contributed by atoms with Gasteiger partial charge in [-0.05, 0) is 42.3 Å². The van der Waals surface area contributed by atoms with Crippen molar-refractivity contribution in [1.82, 2.24) is 0 Å². The summed E-state index contributed by atoms with van der Waals surface area (Å²) in [5, 5.41) is 14.8. The minimum Gasteiger partial charge on any atom is -0.497 e. The number of hydrogen-bond donors (Lipinski definition) is 2. The summed E-state index contributed by atoms with van der Waals surface area (Å²) in [5.41, 5.74) is 6.44. The average molecular weight is 404 g/mol. The maximum absolute atomic E-state index is 13.1. The number of rotatable bonds is 7. The number of hydrogen-bond acceptors (Lipinski definition) is 5. The third-order valence-electron chi connectivity index (χ3n) is 4.39. The summed E-state index contributed by atoms with van der Waals surface area (Å²) in [4.78, 5) is 12.4. The predicted molar refractivity (Wildman–Crippen MR) is 99.5 cm³/mol. The van der Waals surface area contributed by atoms with E-state index in [1.807, 2.05) is 0 Å². The molecule has 29 heavy (non-hydrogen) atoms. The van der Waals surface area contributed by atoms with Crippen molar-refractivity contribution in [1.29, 1.82) is 10.8 Å². The van der Waals surface area contributed by atoms with E-state index in [-0.39, 0.29) is 12.1 Å². The van der Waals surface area contributed by atoms with Crippen LogP contribution >= 0.6 is 0 Å². The second kappa shape index (κ2) is 9.19. The van der Waals surface area contributed by atoms with Crippen molar-refractivity contribution in [3.05, 3.63) is 59.2 Å². The minimum atomic E-state index is -4.71. The van der Waals surface area contributed by atoms with E-state index in [4.69, 9.17) is 15.5 Å². The van der Waals surface area contributed by atoms with Gasteiger partial charge in [-0.3, -0.25) is 4.79 Å². The molecule has 0 heterocycles. The van der Waals surface area contributed by atoms with E-state index in [1.165, 1.54) is 19.2 Å². The number of nitriles is 1. The Morgan fingerprint density at radius 1 is 1.28 bits per heavy atom. The summed E-state index contributed by atoms with van der Waals surface area (Å²) in [6.45, 7) is 1.60. The van der Waals surface area contributed by atoms with Gasteiger partial charge < -0.3 is 10.1 Å². The molecule has 2 unspecified atom stereocenters. The van der Waals surface area contributed by atoms with Crippen molar-refractivity contribution in [3.63, 3.8) is 0 Å². The lowest BCUT2D eigenvalue weighted by Gasteiger charge is -2.18. The molecule has 0 saturated carbocycles. The highest BCUT2D eigenvalue weighted by molar-refractivity contribution is 5.92. The molecule has 2 N–H and O–H groups in total. The molecule has 2 rings (SSSR count). The van der Waals surface area contributed by atoms with Gasteiger partial charge in [-0.25, -0.2) is 5.53 Å². The van der Waals surface area contributed by atoms with Crippen LogP contribution in [0.2, 0.25) is 0 Å². The fourth-order valence-electron chi connectivity index (χ4n) is 2.75. The van der Waals surface area contributed by atoms with Crippen molar-refractivity contribution in [2.75, 3.05) is 12.4 Å². The van der Waals surface area contributed by atoms with Gasteiger partial charge in [0.2, 0.25) is 5.91 Å². The van der Waals surface area contributed by atoms with Crippen molar-refractivity contribution in [3.8, 4) is 11.8 Å². The fraction of sp³-hybridized carbons (Fsp3) is 0.300. The fourth-order valence-corrected chi connectivity index (χ4v) is 2.75. The van der Waals surface area contributed by atoms with Gasteiger partial charge in [0.1, 0.15) is 5.75 Å². The van der Waals surface area contributed by atoms with E-state index in [0.29, 0.717) is 5.75 Å². The van der Waals surface area contributed by atoms with Crippen LogP contribution in [-0.4, -0.2) is 13.0 Å². The zero-order valence-electron chi connectivity index (χ0n) is 15.7. The number of alkyl halides is 3. The van der Waals surface area contributed by atoms with Crippen LogP contribution in [0.5, 0.6) is 5.75 Å². The SMILES string of the molecule is COc1ccc(C(CC(C)C(=O)Nc2ccc(C#N)c(C(F)(F)F)c2)N=N)cc1. The number of nitrogens with zero attached hydrogens (tertiary/aromatic N) is 2. The van der Waals surface area contributed by atoms with Crippen molar-refractivity contribution < 1.29 is 22.7 Å². The second-order valence-corrected chi connectivity index (χ2v) is 6.41. The van der Waals surface area contributed by atoms with Crippen LogP contribution in [0.15, 0.2) is 47.6 Å². The first kappa shape index (κ1) is 21.9. The Morgan fingerprint density at radius 2 is 1.93 bits per heavy atom. The highest BCUT2D eigenvalue weighted by Crippen LogP contribution is 2.34. The Labute approximate surface area is 165 Å². The predicted octanol–water partition coefficient (Wildman–Crippen LogP) is 5.32. The number of amides is 1. The quantitative estimate of drug-likeness (QED) is 0.611. The number of carbonyl (C=O) groups is 1.